The largest absolute Gasteiger partial charge is 0.394 e. The van der Waals surface area contributed by atoms with E-state index in [1.54, 1.807) is 0 Å². The lowest BCUT2D eigenvalue weighted by atomic mass is 10.1. The average Bonchev–Trinajstić information content (AvgIpc) is 2.54. The zero-order valence-corrected chi connectivity index (χ0v) is 9.41. The molecule has 80 valence electrons. The van der Waals surface area contributed by atoms with Crippen molar-refractivity contribution >= 4 is 0 Å². The Hall–Kier alpha value is -0.800. The summed E-state index contributed by atoms with van der Waals surface area (Å²) in [4.78, 5) is 0. The van der Waals surface area contributed by atoms with Crippen LogP contribution < -0.4 is 5.32 Å². The molecule has 0 spiro atoms. The van der Waals surface area contributed by atoms with Crippen LogP contribution in [0.1, 0.15) is 32.4 Å². The summed E-state index contributed by atoms with van der Waals surface area (Å²) in [5, 5.41) is 12.2. The summed E-state index contributed by atoms with van der Waals surface area (Å²) in [6, 6.07) is 2.08. The van der Waals surface area contributed by atoms with Gasteiger partial charge < -0.3 is 15.0 Å². The molecule has 3 heteroatoms. The van der Waals surface area contributed by atoms with Crippen LogP contribution in [0, 0.1) is 0 Å². The topological polar surface area (TPSA) is 37.2 Å². The average molecular weight is 196 g/mol. The Kier molecular flexibility index (Phi) is 3.34. The van der Waals surface area contributed by atoms with E-state index in [2.05, 4.69) is 43.0 Å². The quantitative estimate of drug-likeness (QED) is 0.768. The van der Waals surface area contributed by atoms with E-state index < -0.39 is 0 Å². The van der Waals surface area contributed by atoms with Gasteiger partial charge in [0, 0.05) is 17.9 Å². The molecule has 14 heavy (non-hydrogen) atoms. The van der Waals surface area contributed by atoms with Crippen molar-refractivity contribution in [3.63, 3.8) is 0 Å². The van der Waals surface area contributed by atoms with Crippen molar-refractivity contribution in [1.29, 1.82) is 0 Å². The zero-order chi connectivity index (χ0) is 10.8. The first-order chi connectivity index (χ1) is 6.49. The van der Waals surface area contributed by atoms with Crippen LogP contribution in [0.4, 0.5) is 0 Å². The molecule has 0 aromatic carbocycles. The fourth-order valence-electron chi connectivity index (χ4n) is 1.40. The molecule has 0 amide bonds. The highest BCUT2D eigenvalue weighted by Crippen LogP contribution is 2.19. The van der Waals surface area contributed by atoms with Gasteiger partial charge in [-0.15, -0.1) is 0 Å². The number of aromatic nitrogens is 1. The van der Waals surface area contributed by atoms with Crippen molar-refractivity contribution in [3.05, 3.63) is 24.0 Å². The minimum absolute atomic E-state index is 0.0404. The van der Waals surface area contributed by atoms with Crippen LogP contribution in [0.3, 0.4) is 0 Å². The Labute approximate surface area is 85.7 Å². The van der Waals surface area contributed by atoms with Gasteiger partial charge in [-0.1, -0.05) is 0 Å². The number of rotatable bonds is 3. The molecule has 0 unspecified atom stereocenters. The van der Waals surface area contributed by atoms with Crippen molar-refractivity contribution < 1.29 is 5.11 Å². The zero-order valence-electron chi connectivity index (χ0n) is 9.41. The highest BCUT2D eigenvalue weighted by molar-refractivity contribution is 5.16. The number of nitrogens with one attached hydrogen (secondary N) is 1. The van der Waals surface area contributed by atoms with Gasteiger partial charge in [0.25, 0.3) is 0 Å². The maximum absolute atomic E-state index is 9.12. The SMILES string of the molecule is CN[C@H](CO)c1ccn(C(C)(C)C)c1. The molecular formula is C11H20N2O. The summed E-state index contributed by atoms with van der Waals surface area (Å²) in [5.41, 5.74) is 1.23. The third-order valence-electron chi connectivity index (χ3n) is 2.42. The highest BCUT2D eigenvalue weighted by atomic mass is 16.3. The molecule has 0 aliphatic heterocycles. The maximum Gasteiger partial charge on any atom is 0.0626 e. The lowest BCUT2D eigenvalue weighted by Gasteiger charge is -2.21. The Morgan fingerprint density at radius 3 is 2.50 bits per heavy atom. The van der Waals surface area contributed by atoms with E-state index in [9.17, 15) is 0 Å². The molecule has 1 aromatic rings. The van der Waals surface area contributed by atoms with Gasteiger partial charge in [0.2, 0.25) is 0 Å². The summed E-state index contributed by atoms with van der Waals surface area (Å²) in [6.45, 7) is 6.60. The first-order valence-corrected chi connectivity index (χ1v) is 4.95. The fourth-order valence-corrected chi connectivity index (χ4v) is 1.40. The van der Waals surface area contributed by atoms with Crippen molar-refractivity contribution in [2.24, 2.45) is 0 Å². The van der Waals surface area contributed by atoms with E-state index in [-0.39, 0.29) is 18.2 Å². The molecule has 2 N–H and O–H groups in total. The number of likely N-dealkylation sites (N-methyl/N-ethyl adjacent to an activating group) is 1. The van der Waals surface area contributed by atoms with Gasteiger partial charge in [0.05, 0.1) is 12.6 Å². The van der Waals surface area contributed by atoms with Crippen molar-refractivity contribution in [2.75, 3.05) is 13.7 Å². The summed E-state index contributed by atoms with van der Waals surface area (Å²) >= 11 is 0. The van der Waals surface area contributed by atoms with Gasteiger partial charge in [-0.2, -0.15) is 0 Å². The van der Waals surface area contributed by atoms with Crippen LogP contribution in [-0.4, -0.2) is 23.3 Å². The number of nitrogens with zero attached hydrogens (tertiary/aromatic N) is 1. The molecule has 0 aliphatic carbocycles. The third kappa shape index (κ3) is 2.36. The number of aliphatic hydroxyl groups excluding tert-OH is 1. The van der Waals surface area contributed by atoms with Gasteiger partial charge in [-0.25, -0.2) is 0 Å². The molecule has 0 saturated heterocycles. The summed E-state index contributed by atoms with van der Waals surface area (Å²) in [5.74, 6) is 0. The van der Waals surface area contributed by atoms with Crippen LogP contribution in [0.2, 0.25) is 0 Å². The van der Waals surface area contributed by atoms with E-state index in [1.807, 2.05) is 13.1 Å². The molecule has 0 radical (unpaired) electrons. The van der Waals surface area contributed by atoms with E-state index >= 15 is 0 Å². The smallest absolute Gasteiger partial charge is 0.0626 e. The first kappa shape index (κ1) is 11.3. The van der Waals surface area contributed by atoms with Crippen molar-refractivity contribution in [1.82, 2.24) is 9.88 Å². The number of hydrogen-bond donors (Lipinski definition) is 2. The van der Waals surface area contributed by atoms with E-state index in [0.29, 0.717) is 0 Å². The maximum atomic E-state index is 9.12. The van der Waals surface area contributed by atoms with Gasteiger partial charge in [-0.3, -0.25) is 0 Å². The van der Waals surface area contributed by atoms with Crippen LogP contribution in [0.15, 0.2) is 18.5 Å². The lowest BCUT2D eigenvalue weighted by molar-refractivity contribution is 0.250. The molecule has 1 heterocycles. The summed E-state index contributed by atoms with van der Waals surface area (Å²) in [7, 11) is 1.86. The first-order valence-electron chi connectivity index (χ1n) is 4.95. The molecule has 1 aromatic heterocycles. The highest BCUT2D eigenvalue weighted by Gasteiger charge is 2.15. The van der Waals surface area contributed by atoms with Gasteiger partial charge in [-0.05, 0) is 39.4 Å². The number of hydrogen-bond acceptors (Lipinski definition) is 2. The van der Waals surface area contributed by atoms with Gasteiger partial charge in [0.1, 0.15) is 0 Å². The molecule has 1 rings (SSSR count). The minimum atomic E-state index is 0.0404. The molecular weight excluding hydrogens is 176 g/mol. The lowest BCUT2D eigenvalue weighted by Crippen LogP contribution is -2.21. The van der Waals surface area contributed by atoms with E-state index in [4.69, 9.17) is 5.11 Å². The molecule has 0 bridgehead atoms. The van der Waals surface area contributed by atoms with E-state index in [1.165, 1.54) is 0 Å². The second kappa shape index (κ2) is 4.15. The predicted octanol–water partition coefficient (Wildman–Crippen LogP) is 1.50. The van der Waals surface area contributed by atoms with Gasteiger partial charge >= 0.3 is 0 Å². The van der Waals surface area contributed by atoms with Crippen molar-refractivity contribution in [3.8, 4) is 0 Å². The molecule has 0 aliphatic rings. The Morgan fingerprint density at radius 2 is 2.14 bits per heavy atom. The normalized spacial score (nSPS) is 14.4. The Balaban J connectivity index is 2.87. The van der Waals surface area contributed by atoms with Crippen LogP contribution >= 0.6 is 0 Å². The van der Waals surface area contributed by atoms with Crippen molar-refractivity contribution in [2.45, 2.75) is 32.4 Å². The Bertz CT molecular complexity index is 282. The molecule has 1 atom stereocenters. The summed E-state index contributed by atoms with van der Waals surface area (Å²) < 4.78 is 2.16. The van der Waals surface area contributed by atoms with E-state index in [0.717, 1.165) is 5.56 Å². The minimum Gasteiger partial charge on any atom is -0.394 e. The second-order valence-corrected chi connectivity index (χ2v) is 4.55. The van der Waals surface area contributed by atoms with Crippen LogP contribution in [0.25, 0.3) is 0 Å². The second-order valence-electron chi connectivity index (χ2n) is 4.55. The molecule has 3 nitrogen and oxygen atoms in total. The standard InChI is InChI=1S/C11H20N2O/c1-11(2,3)13-6-5-9(7-13)10(8-14)12-4/h5-7,10,12,14H,8H2,1-4H3/t10-/m1/s1. The fraction of sp³-hybridized carbons (Fsp3) is 0.636. The molecule has 0 fully saturated rings. The monoisotopic (exact) mass is 196 g/mol. The Morgan fingerprint density at radius 1 is 1.50 bits per heavy atom. The summed E-state index contributed by atoms with van der Waals surface area (Å²) in [6.07, 6.45) is 4.13. The third-order valence-corrected chi connectivity index (χ3v) is 2.42. The number of aliphatic hydroxyl groups is 1. The van der Waals surface area contributed by atoms with Gasteiger partial charge in [0.15, 0.2) is 0 Å². The molecule has 0 saturated carbocycles. The van der Waals surface area contributed by atoms with Crippen LogP contribution in [-0.2, 0) is 5.54 Å². The van der Waals surface area contributed by atoms with Crippen LogP contribution in [0.5, 0.6) is 0 Å². The predicted molar refractivity (Wildman–Crippen MR) is 58.3 cm³/mol.